The van der Waals surface area contributed by atoms with Crippen LogP contribution >= 0.6 is 0 Å². The van der Waals surface area contributed by atoms with Gasteiger partial charge in [0.15, 0.2) is 6.17 Å². The molecule has 0 aliphatic rings. The average Bonchev–Trinajstić information content (AvgIpc) is 2.03. The summed E-state index contributed by atoms with van der Waals surface area (Å²) >= 11 is 0. The van der Waals surface area contributed by atoms with E-state index in [2.05, 4.69) is 0 Å². The first kappa shape index (κ1) is 9.06. The zero-order chi connectivity index (χ0) is 9.14. The van der Waals surface area contributed by atoms with Crippen molar-refractivity contribution in [3.05, 3.63) is 35.4 Å². The highest BCUT2D eigenvalue weighted by molar-refractivity contribution is 5.22. The molecule has 0 aliphatic heterocycles. The molecule has 1 unspecified atom stereocenters. The largest absolute Gasteiger partial charge is 0.393 e. The smallest absolute Gasteiger partial charge is 0.154 e. The lowest BCUT2D eigenvalue weighted by Gasteiger charge is -2.06. The number of alkyl halides is 1. The van der Waals surface area contributed by atoms with Crippen LogP contribution in [0.4, 0.5) is 13.2 Å². The minimum Gasteiger partial charge on any atom is -0.393 e. The highest BCUT2D eigenvalue weighted by Crippen LogP contribution is 2.22. The fraction of sp³-hybridized carbons (Fsp3) is 0.250. The van der Waals surface area contributed by atoms with Crippen molar-refractivity contribution < 1.29 is 18.3 Å². The van der Waals surface area contributed by atoms with Crippen LogP contribution < -0.4 is 0 Å². The predicted octanol–water partition coefficient (Wildman–Crippen LogP) is 1.97. The van der Waals surface area contributed by atoms with Crippen molar-refractivity contribution >= 4 is 0 Å². The number of halogens is 3. The van der Waals surface area contributed by atoms with E-state index in [0.29, 0.717) is 0 Å². The Morgan fingerprint density at radius 3 is 2.17 bits per heavy atom. The van der Waals surface area contributed by atoms with Gasteiger partial charge in [-0.2, -0.15) is 0 Å². The van der Waals surface area contributed by atoms with Crippen LogP contribution in [0.5, 0.6) is 0 Å². The second kappa shape index (κ2) is 3.58. The van der Waals surface area contributed by atoms with E-state index in [1.54, 1.807) is 0 Å². The van der Waals surface area contributed by atoms with Gasteiger partial charge in [0.25, 0.3) is 0 Å². The molecule has 1 nitrogen and oxygen atoms in total. The lowest BCUT2D eigenvalue weighted by Crippen LogP contribution is -2.03. The normalized spacial score (nSPS) is 13.0. The summed E-state index contributed by atoms with van der Waals surface area (Å²) in [5.41, 5.74) is -0.708. The molecule has 0 spiro atoms. The first-order valence-corrected chi connectivity index (χ1v) is 3.35. The van der Waals surface area contributed by atoms with Crippen molar-refractivity contribution in [1.29, 1.82) is 0 Å². The molecule has 0 saturated carbocycles. The average molecular weight is 176 g/mol. The van der Waals surface area contributed by atoms with E-state index in [1.165, 1.54) is 0 Å². The van der Waals surface area contributed by atoms with Gasteiger partial charge in [-0.3, -0.25) is 0 Å². The fourth-order valence-electron chi connectivity index (χ4n) is 0.901. The molecule has 1 rings (SSSR count). The van der Waals surface area contributed by atoms with E-state index < -0.39 is 30.0 Å². The molecule has 0 bridgehead atoms. The topological polar surface area (TPSA) is 20.2 Å². The molecule has 1 aromatic rings. The molecule has 66 valence electrons. The fourth-order valence-corrected chi connectivity index (χ4v) is 0.901. The minimum absolute atomic E-state index is 0.708. The van der Waals surface area contributed by atoms with Crippen molar-refractivity contribution in [3.8, 4) is 0 Å². The highest BCUT2D eigenvalue weighted by atomic mass is 19.2. The van der Waals surface area contributed by atoms with Gasteiger partial charge in [0, 0.05) is 0 Å². The van der Waals surface area contributed by atoms with Crippen LogP contribution in [0.3, 0.4) is 0 Å². The van der Waals surface area contributed by atoms with Gasteiger partial charge >= 0.3 is 0 Å². The Kier molecular flexibility index (Phi) is 2.70. The summed E-state index contributed by atoms with van der Waals surface area (Å²) < 4.78 is 38.0. The van der Waals surface area contributed by atoms with Crippen LogP contribution in [0.1, 0.15) is 11.7 Å². The van der Waals surface area contributed by atoms with Gasteiger partial charge in [-0.1, -0.05) is 6.07 Å². The molecule has 0 fully saturated rings. The summed E-state index contributed by atoms with van der Waals surface area (Å²) in [6.07, 6.45) is -1.99. The van der Waals surface area contributed by atoms with Crippen molar-refractivity contribution in [2.24, 2.45) is 0 Å². The summed E-state index contributed by atoms with van der Waals surface area (Å²) in [5, 5.41) is 8.33. The maximum absolute atomic E-state index is 12.7. The Morgan fingerprint density at radius 1 is 1.25 bits per heavy atom. The number of rotatable bonds is 2. The summed E-state index contributed by atoms with van der Waals surface area (Å²) in [6.45, 7) is -0.919. The van der Waals surface area contributed by atoms with Gasteiger partial charge in [-0.15, -0.1) is 0 Å². The molecule has 0 saturated heterocycles. The molecule has 12 heavy (non-hydrogen) atoms. The molecule has 0 radical (unpaired) electrons. The van der Waals surface area contributed by atoms with E-state index in [-0.39, 0.29) is 0 Å². The molecule has 1 aromatic carbocycles. The van der Waals surface area contributed by atoms with E-state index in [9.17, 15) is 13.2 Å². The number of aliphatic hydroxyl groups excluding tert-OH is 1. The summed E-state index contributed by atoms with van der Waals surface area (Å²) in [6, 6.07) is 3.03. The van der Waals surface area contributed by atoms with Crippen molar-refractivity contribution in [2.75, 3.05) is 6.61 Å². The first-order chi connectivity index (χ1) is 5.66. The number of hydrogen-bond donors (Lipinski definition) is 1. The third-order valence-corrected chi connectivity index (χ3v) is 1.47. The van der Waals surface area contributed by atoms with Crippen LogP contribution in [0.15, 0.2) is 18.2 Å². The zero-order valence-corrected chi connectivity index (χ0v) is 6.10. The molecule has 1 N–H and O–H groups in total. The minimum atomic E-state index is -1.99. The van der Waals surface area contributed by atoms with Crippen molar-refractivity contribution in [1.82, 2.24) is 0 Å². The lowest BCUT2D eigenvalue weighted by atomic mass is 10.1. The number of aliphatic hydroxyl groups is 1. The van der Waals surface area contributed by atoms with Crippen molar-refractivity contribution in [2.45, 2.75) is 6.17 Å². The van der Waals surface area contributed by atoms with Crippen molar-refractivity contribution in [3.63, 3.8) is 0 Å². The van der Waals surface area contributed by atoms with Crippen LogP contribution in [0, 0.1) is 11.6 Å². The van der Waals surface area contributed by atoms with Crippen LogP contribution in [0.2, 0.25) is 0 Å². The van der Waals surface area contributed by atoms with Gasteiger partial charge < -0.3 is 5.11 Å². The summed E-state index contributed by atoms with van der Waals surface area (Å²) in [7, 11) is 0. The maximum atomic E-state index is 12.7. The SMILES string of the molecule is OCC(F)c1c(F)cccc1F. The van der Waals surface area contributed by atoms with Gasteiger partial charge in [0.1, 0.15) is 11.6 Å². The van der Waals surface area contributed by atoms with Gasteiger partial charge in [-0.25, -0.2) is 13.2 Å². The van der Waals surface area contributed by atoms with E-state index >= 15 is 0 Å². The first-order valence-electron chi connectivity index (χ1n) is 3.35. The third-order valence-electron chi connectivity index (χ3n) is 1.47. The second-order valence-corrected chi connectivity index (χ2v) is 2.29. The molecular weight excluding hydrogens is 169 g/mol. The van der Waals surface area contributed by atoms with Gasteiger partial charge in [-0.05, 0) is 12.1 Å². The zero-order valence-electron chi connectivity index (χ0n) is 6.10. The number of benzene rings is 1. The molecule has 0 heterocycles. The van der Waals surface area contributed by atoms with E-state index in [1.807, 2.05) is 0 Å². The monoisotopic (exact) mass is 176 g/mol. The molecule has 1 atom stereocenters. The van der Waals surface area contributed by atoms with Gasteiger partial charge in [0.05, 0.1) is 12.2 Å². The Labute approximate surface area is 67.5 Å². The lowest BCUT2D eigenvalue weighted by molar-refractivity contribution is 0.172. The van der Waals surface area contributed by atoms with Crippen LogP contribution in [0.25, 0.3) is 0 Å². The third kappa shape index (κ3) is 1.58. The Balaban J connectivity index is 3.12. The Morgan fingerprint density at radius 2 is 1.75 bits per heavy atom. The standard InChI is InChI=1S/C8H7F3O/c9-5-2-1-3-6(10)8(5)7(11)4-12/h1-3,7,12H,4H2. The maximum Gasteiger partial charge on any atom is 0.154 e. The quantitative estimate of drug-likeness (QED) is 0.730. The Hall–Kier alpha value is -1.03. The number of hydrogen-bond acceptors (Lipinski definition) is 1. The second-order valence-electron chi connectivity index (χ2n) is 2.29. The van der Waals surface area contributed by atoms with E-state index in [0.717, 1.165) is 18.2 Å². The van der Waals surface area contributed by atoms with Crippen LogP contribution in [-0.2, 0) is 0 Å². The van der Waals surface area contributed by atoms with E-state index in [4.69, 9.17) is 5.11 Å². The summed E-state index contributed by atoms with van der Waals surface area (Å²) in [4.78, 5) is 0. The molecule has 0 aliphatic carbocycles. The molecule has 4 heteroatoms. The van der Waals surface area contributed by atoms with Crippen LogP contribution in [-0.4, -0.2) is 11.7 Å². The molecular formula is C8H7F3O. The predicted molar refractivity (Wildman–Crippen MR) is 37.3 cm³/mol. The van der Waals surface area contributed by atoms with Gasteiger partial charge in [0.2, 0.25) is 0 Å². The highest BCUT2D eigenvalue weighted by Gasteiger charge is 2.17. The molecule has 0 amide bonds. The molecule has 0 aromatic heterocycles. The Bertz CT molecular complexity index is 255. The summed E-state index contributed by atoms with van der Waals surface area (Å²) in [5.74, 6) is -1.95.